The molecule has 0 saturated heterocycles. The van der Waals surface area contributed by atoms with E-state index in [4.69, 9.17) is 16.9 Å². The normalized spacial score (nSPS) is 23.4. The number of aliphatic hydroxyl groups excluding tert-OH is 1. The molecule has 1 fully saturated rings. The zero-order chi connectivity index (χ0) is 12.3. The largest absolute Gasteiger partial charge is 0.396 e. The van der Waals surface area contributed by atoms with Crippen LogP contribution in [0.1, 0.15) is 24.8 Å². The number of halogens is 1. The Balaban J connectivity index is 2.16. The lowest BCUT2D eigenvalue weighted by molar-refractivity contribution is 0.222. The molecule has 2 atom stereocenters. The first kappa shape index (κ1) is 12.2. The molecule has 2 unspecified atom stereocenters. The van der Waals surface area contributed by atoms with Crippen LogP contribution in [0.4, 0.5) is 5.69 Å². The molecular weight excluding hydrogens is 236 g/mol. The molecule has 0 amide bonds. The summed E-state index contributed by atoms with van der Waals surface area (Å²) in [4.78, 5) is 0. The van der Waals surface area contributed by atoms with Gasteiger partial charge in [0.05, 0.1) is 11.3 Å². The van der Waals surface area contributed by atoms with Gasteiger partial charge in [-0.2, -0.15) is 5.26 Å². The first-order valence-electron chi connectivity index (χ1n) is 5.81. The van der Waals surface area contributed by atoms with E-state index in [1.165, 1.54) is 0 Å². The number of benzene rings is 1. The Morgan fingerprint density at radius 3 is 3.00 bits per heavy atom. The van der Waals surface area contributed by atoms with E-state index >= 15 is 0 Å². The second kappa shape index (κ2) is 5.39. The topological polar surface area (TPSA) is 56.0 Å². The average molecular weight is 251 g/mol. The van der Waals surface area contributed by atoms with Gasteiger partial charge >= 0.3 is 0 Å². The Kier molecular flexibility index (Phi) is 3.88. The minimum atomic E-state index is 0.202. The fraction of sp³-hybridized carbons (Fsp3) is 0.462. The molecule has 1 aromatic carbocycles. The third-order valence-corrected chi connectivity index (χ3v) is 3.57. The van der Waals surface area contributed by atoms with Crippen LogP contribution in [-0.2, 0) is 0 Å². The van der Waals surface area contributed by atoms with Crippen LogP contribution in [0.25, 0.3) is 0 Å². The van der Waals surface area contributed by atoms with Gasteiger partial charge in [-0.05, 0) is 31.0 Å². The van der Waals surface area contributed by atoms with Crippen LogP contribution in [0.5, 0.6) is 0 Å². The smallest absolute Gasteiger partial charge is 0.101 e. The third kappa shape index (κ3) is 2.71. The summed E-state index contributed by atoms with van der Waals surface area (Å²) >= 11 is 5.85. The molecule has 90 valence electrons. The number of hydrogen-bond acceptors (Lipinski definition) is 3. The van der Waals surface area contributed by atoms with Crippen molar-refractivity contribution in [2.75, 3.05) is 11.9 Å². The van der Waals surface area contributed by atoms with Gasteiger partial charge in [-0.25, -0.2) is 0 Å². The number of anilines is 1. The molecule has 3 nitrogen and oxygen atoms in total. The standard InChI is InChI=1S/C13H15ClN2O/c14-11-4-5-13(10(6-11)7-15)16-12-3-1-2-9(12)8-17/h4-6,9,12,16-17H,1-3,8H2. The van der Waals surface area contributed by atoms with Crippen LogP contribution < -0.4 is 5.32 Å². The quantitative estimate of drug-likeness (QED) is 0.867. The van der Waals surface area contributed by atoms with Crippen molar-refractivity contribution in [3.63, 3.8) is 0 Å². The molecule has 0 spiro atoms. The van der Waals surface area contributed by atoms with Crippen LogP contribution >= 0.6 is 11.6 Å². The predicted molar refractivity (Wildman–Crippen MR) is 68.0 cm³/mol. The van der Waals surface area contributed by atoms with E-state index in [1.807, 2.05) is 6.07 Å². The van der Waals surface area contributed by atoms with Crippen molar-refractivity contribution < 1.29 is 5.11 Å². The van der Waals surface area contributed by atoms with Gasteiger partial charge in [0, 0.05) is 23.6 Å². The van der Waals surface area contributed by atoms with Gasteiger partial charge in [0.25, 0.3) is 0 Å². The van der Waals surface area contributed by atoms with Crippen LogP contribution in [-0.4, -0.2) is 17.8 Å². The molecule has 0 aromatic heterocycles. The Labute approximate surface area is 106 Å². The van der Waals surface area contributed by atoms with Crippen molar-refractivity contribution in [1.29, 1.82) is 5.26 Å². The van der Waals surface area contributed by atoms with E-state index in [9.17, 15) is 5.11 Å². The Morgan fingerprint density at radius 2 is 2.29 bits per heavy atom. The minimum absolute atomic E-state index is 0.202. The SMILES string of the molecule is N#Cc1cc(Cl)ccc1NC1CCCC1CO. The highest BCUT2D eigenvalue weighted by molar-refractivity contribution is 6.30. The van der Waals surface area contributed by atoms with Crippen LogP contribution in [0, 0.1) is 17.2 Å². The summed E-state index contributed by atoms with van der Waals surface area (Å²) in [7, 11) is 0. The monoisotopic (exact) mass is 250 g/mol. The molecule has 1 aliphatic rings. The Bertz CT molecular complexity index is 442. The second-order valence-corrected chi connectivity index (χ2v) is 4.86. The molecule has 2 N–H and O–H groups in total. The number of nitrogens with zero attached hydrogens (tertiary/aromatic N) is 1. The summed E-state index contributed by atoms with van der Waals surface area (Å²) in [5.74, 6) is 0.289. The summed E-state index contributed by atoms with van der Waals surface area (Å²) in [6, 6.07) is 7.65. The van der Waals surface area contributed by atoms with Gasteiger partial charge in [-0.3, -0.25) is 0 Å². The van der Waals surface area contributed by atoms with E-state index in [0.717, 1.165) is 24.9 Å². The second-order valence-electron chi connectivity index (χ2n) is 4.43. The maximum atomic E-state index is 9.26. The predicted octanol–water partition coefficient (Wildman–Crippen LogP) is 2.78. The molecule has 0 radical (unpaired) electrons. The van der Waals surface area contributed by atoms with Gasteiger partial charge in [0.1, 0.15) is 6.07 Å². The summed E-state index contributed by atoms with van der Waals surface area (Å²) in [5, 5.41) is 22.2. The summed E-state index contributed by atoms with van der Waals surface area (Å²) in [6.07, 6.45) is 3.21. The molecular formula is C13H15ClN2O. The van der Waals surface area contributed by atoms with Crippen molar-refractivity contribution >= 4 is 17.3 Å². The van der Waals surface area contributed by atoms with Crippen molar-refractivity contribution in [3.05, 3.63) is 28.8 Å². The van der Waals surface area contributed by atoms with E-state index in [1.54, 1.807) is 12.1 Å². The van der Waals surface area contributed by atoms with E-state index in [2.05, 4.69) is 11.4 Å². The van der Waals surface area contributed by atoms with Crippen LogP contribution in [0.3, 0.4) is 0 Å². The molecule has 0 heterocycles. The summed E-state index contributed by atoms with van der Waals surface area (Å²) < 4.78 is 0. The van der Waals surface area contributed by atoms with Gasteiger partial charge < -0.3 is 10.4 Å². The highest BCUT2D eigenvalue weighted by Crippen LogP contribution is 2.30. The first-order chi connectivity index (χ1) is 8.24. The molecule has 4 heteroatoms. The van der Waals surface area contributed by atoms with E-state index in [0.29, 0.717) is 10.6 Å². The minimum Gasteiger partial charge on any atom is -0.396 e. The highest BCUT2D eigenvalue weighted by atomic mass is 35.5. The van der Waals surface area contributed by atoms with Gasteiger partial charge in [-0.15, -0.1) is 0 Å². The van der Waals surface area contributed by atoms with E-state index in [-0.39, 0.29) is 18.6 Å². The molecule has 17 heavy (non-hydrogen) atoms. The molecule has 1 saturated carbocycles. The summed E-state index contributed by atoms with van der Waals surface area (Å²) in [6.45, 7) is 0.202. The van der Waals surface area contributed by atoms with E-state index < -0.39 is 0 Å². The maximum absolute atomic E-state index is 9.26. The van der Waals surface area contributed by atoms with Gasteiger partial charge in [0.15, 0.2) is 0 Å². The maximum Gasteiger partial charge on any atom is 0.101 e. The van der Waals surface area contributed by atoms with Crippen LogP contribution in [0.2, 0.25) is 5.02 Å². The fourth-order valence-electron chi connectivity index (χ4n) is 2.38. The number of hydrogen-bond donors (Lipinski definition) is 2. The van der Waals surface area contributed by atoms with Gasteiger partial charge in [-0.1, -0.05) is 18.0 Å². The lowest BCUT2D eigenvalue weighted by atomic mass is 10.0. The first-order valence-corrected chi connectivity index (χ1v) is 6.19. The van der Waals surface area contributed by atoms with Crippen LogP contribution in [0.15, 0.2) is 18.2 Å². The highest BCUT2D eigenvalue weighted by Gasteiger charge is 2.26. The van der Waals surface area contributed by atoms with Crippen molar-refractivity contribution in [1.82, 2.24) is 0 Å². The summed E-state index contributed by atoms with van der Waals surface area (Å²) in [5.41, 5.74) is 1.36. The fourth-order valence-corrected chi connectivity index (χ4v) is 2.55. The molecule has 0 bridgehead atoms. The van der Waals surface area contributed by atoms with Crippen molar-refractivity contribution in [2.45, 2.75) is 25.3 Å². The Morgan fingerprint density at radius 1 is 1.47 bits per heavy atom. The molecule has 1 aliphatic carbocycles. The molecule has 2 rings (SSSR count). The van der Waals surface area contributed by atoms with Crippen molar-refractivity contribution in [2.24, 2.45) is 5.92 Å². The zero-order valence-electron chi connectivity index (χ0n) is 9.49. The van der Waals surface area contributed by atoms with Crippen molar-refractivity contribution in [3.8, 4) is 6.07 Å². The number of aliphatic hydroxyl groups is 1. The Hall–Kier alpha value is -1.24. The molecule has 0 aliphatic heterocycles. The molecule has 1 aromatic rings. The lowest BCUT2D eigenvalue weighted by Crippen LogP contribution is -2.26. The third-order valence-electron chi connectivity index (χ3n) is 3.34. The number of rotatable bonds is 3. The zero-order valence-corrected chi connectivity index (χ0v) is 10.2. The van der Waals surface area contributed by atoms with Gasteiger partial charge in [0.2, 0.25) is 0 Å². The lowest BCUT2D eigenvalue weighted by Gasteiger charge is -2.21. The number of nitrogens with one attached hydrogen (secondary N) is 1. The average Bonchev–Trinajstić information content (AvgIpc) is 2.78. The number of nitriles is 1.